The van der Waals surface area contributed by atoms with Crippen molar-refractivity contribution in [3.63, 3.8) is 0 Å². The van der Waals surface area contributed by atoms with Gasteiger partial charge in [0.1, 0.15) is 6.04 Å². The van der Waals surface area contributed by atoms with Crippen LogP contribution in [0, 0.1) is 5.92 Å². The van der Waals surface area contributed by atoms with Gasteiger partial charge in [0.25, 0.3) is 0 Å². The topological polar surface area (TPSA) is 64.7 Å². The van der Waals surface area contributed by atoms with Crippen molar-refractivity contribution in [2.24, 2.45) is 5.92 Å². The molecule has 0 bridgehead atoms. The normalized spacial score (nSPS) is 31.0. The number of hydrogen-bond donors (Lipinski definition) is 2. The molecular weight excluding hydrogens is 364 g/mol. The van der Waals surface area contributed by atoms with Crippen molar-refractivity contribution in [2.75, 3.05) is 20.1 Å². The summed E-state index contributed by atoms with van der Waals surface area (Å²) in [6.45, 7) is 4.81. The first kappa shape index (κ1) is 20.4. The lowest BCUT2D eigenvalue weighted by Crippen LogP contribution is -2.56. The van der Waals surface area contributed by atoms with Crippen LogP contribution in [0.3, 0.4) is 0 Å². The van der Waals surface area contributed by atoms with Crippen molar-refractivity contribution in [2.45, 2.75) is 69.7 Å². The molecule has 0 aliphatic carbocycles. The molecule has 3 saturated heterocycles. The summed E-state index contributed by atoms with van der Waals surface area (Å²) in [6.07, 6.45) is 5.10. The highest BCUT2D eigenvalue weighted by molar-refractivity contribution is 5.90. The van der Waals surface area contributed by atoms with E-state index >= 15 is 0 Å². The second-order valence-corrected chi connectivity index (χ2v) is 8.97. The van der Waals surface area contributed by atoms with E-state index in [2.05, 4.69) is 50.8 Å². The van der Waals surface area contributed by atoms with E-state index in [1.807, 2.05) is 6.92 Å². The SMILES string of the molecule is CN[C@@H](C)C(=O)N[C@H]1CCC[C@H]2C[C@H]3CCN(Cc4ccccc4)C[C@H]3N2C1=O. The average Bonchev–Trinajstić information content (AvgIpc) is 3.02. The first-order valence-corrected chi connectivity index (χ1v) is 11.1. The number of nitrogens with one attached hydrogen (secondary N) is 2. The van der Waals surface area contributed by atoms with Crippen LogP contribution in [0.25, 0.3) is 0 Å². The lowest BCUT2D eigenvalue weighted by atomic mass is 9.90. The van der Waals surface area contributed by atoms with Crippen LogP contribution in [0.1, 0.15) is 44.6 Å². The number of carbonyl (C=O) groups excluding carboxylic acids is 2. The van der Waals surface area contributed by atoms with Crippen LogP contribution in [0.4, 0.5) is 0 Å². The Morgan fingerprint density at radius 1 is 1.21 bits per heavy atom. The molecule has 1 aromatic rings. The number of fused-ring (bicyclic) bond motifs is 3. The lowest BCUT2D eigenvalue weighted by Gasteiger charge is -2.40. The van der Waals surface area contributed by atoms with E-state index in [0.29, 0.717) is 12.0 Å². The van der Waals surface area contributed by atoms with Gasteiger partial charge in [0.2, 0.25) is 11.8 Å². The smallest absolute Gasteiger partial charge is 0.245 e. The van der Waals surface area contributed by atoms with E-state index in [0.717, 1.165) is 51.7 Å². The van der Waals surface area contributed by atoms with E-state index in [-0.39, 0.29) is 29.9 Å². The van der Waals surface area contributed by atoms with Gasteiger partial charge in [0.15, 0.2) is 0 Å². The highest BCUT2D eigenvalue weighted by Gasteiger charge is 2.48. The predicted octanol–water partition coefficient (Wildman–Crippen LogP) is 1.75. The summed E-state index contributed by atoms with van der Waals surface area (Å²) in [5.74, 6) is 0.647. The Morgan fingerprint density at radius 2 is 2.00 bits per heavy atom. The fraction of sp³-hybridized carbons (Fsp3) is 0.652. The number of rotatable bonds is 5. The number of piperidine rings is 1. The summed E-state index contributed by atoms with van der Waals surface area (Å²) in [7, 11) is 1.77. The molecule has 0 radical (unpaired) electrons. The Morgan fingerprint density at radius 3 is 2.76 bits per heavy atom. The van der Waals surface area contributed by atoms with E-state index in [1.54, 1.807) is 7.05 Å². The first-order valence-electron chi connectivity index (χ1n) is 11.1. The largest absolute Gasteiger partial charge is 0.343 e. The number of likely N-dealkylation sites (N-methyl/N-ethyl adjacent to an activating group) is 1. The van der Waals surface area contributed by atoms with Crippen LogP contribution in [0.15, 0.2) is 30.3 Å². The molecule has 6 heteroatoms. The molecular formula is C23H34N4O2. The van der Waals surface area contributed by atoms with Gasteiger partial charge >= 0.3 is 0 Å². The first-order chi connectivity index (χ1) is 14.1. The van der Waals surface area contributed by atoms with Crippen LogP contribution in [-0.4, -0.2) is 65.9 Å². The van der Waals surface area contributed by atoms with Crippen molar-refractivity contribution in [3.05, 3.63) is 35.9 Å². The number of amides is 2. The number of nitrogens with zero attached hydrogens (tertiary/aromatic N) is 2. The van der Waals surface area contributed by atoms with E-state index in [4.69, 9.17) is 0 Å². The van der Waals surface area contributed by atoms with Gasteiger partial charge in [0, 0.05) is 25.2 Å². The van der Waals surface area contributed by atoms with Crippen molar-refractivity contribution in [1.29, 1.82) is 0 Å². The summed E-state index contributed by atoms with van der Waals surface area (Å²) in [5.41, 5.74) is 1.33. The molecule has 5 atom stereocenters. The zero-order valence-corrected chi connectivity index (χ0v) is 17.6. The second-order valence-electron chi connectivity index (χ2n) is 8.97. The maximum absolute atomic E-state index is 13.5. The van der Waals surface area contributed by atoms with Gasteiger partial charge in [0.05, 0.1) is 6.04 Å². The standard InChI is InChI=1S/C23H34N4O2/c1-16(24-2)22(28)25-20-10-6-9-19-13-18-11-12-26(14-17-7-4-3-5-8-17)15-21(18)27(19)23(20)29/h3-5,7-8,16,18-21,24H,6,9-15H2,1-2H3,(H,25,28)/t16-,18+,19-,20-,21+/m0/s1. The molecule has 0 aromatic heterocycles. The lowest BCUT2D eigenvalue weighted by molar-refractivity contribution is -0.139. The van der Waals surface area contributed by atoms with Crippen LogP contribution in [0.2, 0.25) is 0 Å². The molecule has 3 aliphatic rings. The minimum absolute atomic E-state index is 0.0885. The van der Waals surface area contributed by atoms with Crippen molar-refractivity contribution >= 4 is 11.8 Å². The Kier molecular flexibility index (Phi) is 6.20. The van der Waals surface area contributed by atoms with Gasteiger partial charge in [-0.15, -0.1) is 0 Å². The molecule has 0 saturated carbocycles. The molecule has 6 nitrogen and oxygen atoms in total. The third-order valence-corrected chi connectivity index (χ3v) is 7.11. The van der Waals surface area contributed by atoms with Crippen LogP contribution >= 0.6 is 0 Å². The molecule has 2 N–H and O–H groups in total. The molecule has 3 aliphatic heterocycles. The van der Waals surface area contributed by atoms with Crippen LogP contribution in [0.5, 0.6) is 0 Å². The zero-order valence-electron chi connectivity index (χ0n) is 17.6. The van der Waals surface area contributed by atoms with Crippen molar-refractivity contribution < 1.29 is 9.59 Å². The fourth-order valence-electron chi connectivity index (χ4n) is 5.38. The monoisotopic (exact) mass is 398 g/mol. The molecule has 3 fully saturated rings. The van der Waals surface area contributed by atoms with Gasteiger partial charge in [-0.2, -0.15) is 0 Å². The minimum Gasteiger partial charge on any atom is -0.343 e. The Labute approximate surface area is 174 Å². The average molecular weight is 399 g/mol. The molecule has 4 rings (SSSR count). The minimum atomic E-state index is -0.383. The summed E-state index contributed by atoms with van der Waals surface area (Å²) in [6, 6.07) is 10.5. The summed E-state index contributed by atoms with van der Waals surface area (Å²) >= 11 is 0. The number of carbonyl (C=O) groups is 2. The second kappa shape index (κ2) is 8.84. The molecule has 2 amide bonds. The number of likely N-dealkylation sites (tertiary alicyclic amines) is 1. The quantitative estimate of drug-likeness (QED) is 0.793. The van der Waals surface area contributed by atoms with Crippen LogP contribution < -0.4 is 10.6 Å². The third-order valence-electron chi connectivity index (χ3n) is 7.11. The molecule has 0 unspecified atom stereocenters. The molecule has 1 aromatic carbocycles. The molecule has 158 valence electrons. The van der Waals surface area contributed by atoms with Gasteiger partial charge in [-0.25, -0.2) is 0 Å². The summed E-state index contributed by atoms with van der Waals surface area (Å²) < 4.78 is 0. The van der Waals surface area contributed by atoms with Gasteiger partial charge < -0.3 is 15.5 Å². The number of hydrogen-bond acceptors (Lipinski definition) is 4. The predicted molar refractivity (Wildman–Crippen MR) is 113 cm³/mol. The van der Waals surface area contributed by atoms with Gasteiger partial charge in [-0.05, 0) is 64.1 Å². The van der Waals surface area contributed by atoms with Gasteiger partial charge in [-0.3, -0.25) is 14.5 Å². The molecule has 29 heavy (non-hydrogen) atoms. The number of benzene rings is 1. The van der Waals surface area contributed by atoms with Crippen molar-refractivity contribution in [1.82, 2.24) is 20.4 Å². The zero-order chi connectivity index (χ0) is 20.4. The highest BCUT2D eigenvalue weighted by atomic mass is 16.2. The van der Waals surface area contributed by atoms with Crippen molar-refractivity contribution in [3.8, 4) is 0 Å². The third kappa shape index (κ3) is 4.33. The summed E-state index contributed by atoms with van der Waals surface area (Å²) in [5, 5.41) is 5.97. The van der Waals surface area contributed by atoms with E-state index in [1.165, 1.54) is 5.56 Å². The Hall–Kier alpha value is -1.92. The maximum Gasteiger partial charge on any atom is 0.245 e. The van der Waals surface area contributed by atoms with Crippen LogP contribution in [-0.2, 0) is 16.1 Å². The van der Waals surface area contributed by atoms with E-state index < -0.39 is 0 Å². The molecule has 0 spiro atoms. The fourth-order valence-corrected chi connectivity index (χ4v) is 5.38. The Bertz CT molecular complexity index is 725. The van der Waals surface area contributed by atoms with E-state index in [9.17, 15) is 9.59 Å². The molecule has 3 heterocycles. The van der Waals surface area contributed by atoms with Gasteiger partial charge in [-0.1, -0.05) is 30.3 Å². The summed E-state index contributed by atoms with van der Waals surface area (Å²) in [4.78, 5) is 30.5. The maximum atomic E-state index is 13.5. The highest BCUT2D eigenvalue weighted by Crippen LogP contribution is 2.40. The Balaban J connectivity index is 1.46.